The molecule has 1 aromatic carbocycles. The van der Waals surface area contributed by atoms with Crippen molar-refractivity contribution in [1.29, 1.82) is 5.26 Å². The minimum atomic E-state index is 0.302. The number of pyridine rings is 1. The van der Waals surface area contributed by atoms with E-state index in [0.717, 1.165) is 10.9 Å². The van der Waals surface area contributed by atoms with Crippen LogP contribution in [-0.2, 0) is 0 Å². The van der Waals surface area contributed by atoms with E-state index in [1.54, 1.807) is 12.1 Å². The molecule has 5 heteroatoms. The van der Waals surface area contributed by atoms with Crippen LogP contribution in [0.2, 0.25) is 10.0 Å². The van der Waals surface area contributed by atoms with Gasteiger partial charge in [-0.15, -0.1) is 0 Å². The summed E-state index contributed by atoms with van der Waals surface area (Å²) in [5.74, 6) is 0.302. The van der Waals surface area contributed by atoms with E-state index in [-0.39, 0.29) is 0 Å². The molecule has 0 radical (unpaired) electrons. The quantitative estimate of drug-likeness (QED) is 0.790. The number of halogens is 2. The maximum atomic E-state index is 9.08. The Morgan fingerprint density at radius 3 is 2.53 bits per heavy atom. The van der Waals surface area contributed by atoms with Gasteiger partial charge in [-0.2, -0.15) is 5.26 Å². The Kier molecular flexibility index (Phi) is 3.10. The first-order valence-corrected chi connectivity index (χ1v) is 5.57. The highest BCUT2D eigenvalue weighted by atomic mass is 35.5. The normalized spacial score (nSPS) is 10.3. The van der Waals surface area contributed by atoms with Crippen LogP contribution in [0.4, 0.5) is 0 Å². The van der Waals surface area contributed by atoms with Gasteiger partial charge in [0.2, 0.25) is 5.88 Å². The SMILES string of the molecule is COc1nc2cc(Cl)c(Cl)cc2c(C)c1C#N. The molecule has 1 heterocycles. The molecule has 86 valence electrons. The highest BCUT2D eigenvalue weighted by molar-refractivity contribution is 6.42. The molecule has 17 heavy (non-hydrogen) atoms. The molecule has 0 saturated heterocycles. The molecule has 0 atom stereocenters. The summed E-state index contributed by atoms with van der Waals surface area (Å²) in [6, 6.07) is 5.45. The van der Waals surface area contributed by atoms with Gasteiger partial charge in [-0.25, -0.2) is 4.98 Å². The first kappa shape index (κ1) is 12.0. The monoisotopic (exact) mass is 266 g/mol. The van der Waals surface area contributed by atoms with Crippen LogP contribution in [-0.4, -0.2) is 12.1 Å². The zero-order chi connectivity index (χ0) is 12.6. The lowest BCUT2D eigenvalue weighted by molar-refractivity contribution is 0.398. The molecule has 0 bridgehead atoms. The molecule has 0 fully saturated rings. The fourth-order valence-corrected chi connectivity index (χ4v) is 1.99. The van der Waals surface area contributed by atoms with Gasteiger partial charge < -0.3 is 4.74 Å². The molecule has 2 rings (SSSR count). The van der Waals surface area contributed by atoms with E-state index in [1.165, 1.54) is 7.11 Å². The van der Waals surface area contributed by atoms with Crippen LogP contribution in [0.3, 0.4) is 0 Å². The van der Waals surface area contributed by atoms with Crippen molar-refractivity contribution in [1.82, 2.24) is 4.98 Å². The summed E-state index contributed by atoms with van der Waals surface area (Å²) in [7, 11) is 1.48. The van der Waals surface area contributed by atoms with Crippen molar-refractivity contribution < 1.29 is 4.74 Å². The second-order valence-corrected chi connectivity index (χ2v) is 4.33. The molecule has 0 saturated carbocycles. The van der Waals surface area contributed by atoms with Crippen LogP contribution in [0, 0.1) is 18.3 Å². The Labute approximate surface area is 109 Å². The lowest BCUT2D eigenvalue weighted by Gasteiger charge is -2.09. The van der Waals surface area contributed by atoms with Gasteiger partial charge in [0.15, 0.2) is 0 Å². The van der Waals surface area contributed by atoms with Crippen molar-refractivity contribution in [2.24, 2.45) is 0 Å². The predicted octanol–water partition coefficient (Wildman–Crippen LogP) is 3.73. The molecule has 0 aliphatic carbocycles. The van der Waals surface area contributed by atoms with E-state index >= 15 is 0 Å². The molecule has 3 nitrogen and oxygen atoms in total. The summed E-state index contributed by atoms with van der Waals surface area (Å²) >= 11 is 11.9. The first-order valence-electron chi connectivity index (χ1n) is 4.82. The van der Waals surface area contributed by atoms with E-state index in [1.807, 2.05) is 6.92 Å². The van der Waals surface area contributed by atoms with Crippen molar-refractivity contribution in [3.05, 3.63) is 33.3 Å². The zero-order valence-electron chi connectivity index (χ0n) is 9.21. The number of hydrogen-bond acceptors (Lipinski definition) is 3. The number of benzene rings is 1. The van der Waals surface area contributed by atoms with E-state index in [2.05, 4.69) is 11.1 Å². The van der Waals surface area contributed by atoms with Crippen LogP contribution >= 0.6 is 23.2 Å². The van der Waals surface area contributed by atoms with Crippen LogP contribution in [0.5, 0.6) is 5.88 Å². The Morgan fingerprint density at radius 2 is 1.94 bits per heavy atom. The molecule has 0 aliphatic heterocycles. The summed E-state index contributed by atoms with van der Waals surface area (Å²) in [4.78, 5) is 4.24. The van der Waals surface area contributed by atoms with Gasteiger partial charge in [-0.3, -0.25) is 0 Å². The average molecular weight is 267 g/mol. The molecule has 0 unspecified atom stereocenters. The number of hydrogen-bond donors (Lipinski definition) is 0. The van der Waals surface area contributed by atoms with Crippen LogP contribution in [0.15, 0.2) is 12.1 Å². The Bertz CT molecular complexity index is 647. The molecular formula is C12H8Cl2N2O. The number of nitrogens with zero attached hydrogens (tertiary/aromatic N) is 2. The number of aromatic nitrogens is 1. The minimum absolute atomic E-state index is 0.302. The van der Waals surface area contributed by atoms with Crippen LogP contribution in [0.25, 0.3) is 10.9 Å². The highest BCUT2D eigenvalue weighted by Gasteiger charge is 2.13. The summed E-state index contributed by atoms with van der Waals surface area (Å²) in [5.41, 5.74) is 1.86. The molecule has 0 amide bonds. The van der Waals surface area contributed by atoms with Gasteiger partial charge in [0.25, 0.3) is 0 Å². The lowest BCUT2D eigenvalue weighted by atomic mass is 10.1. The second-order valence-electron chi connectivity index (χ2n) is 3.52. The van der Waals surface area contributed by atoms with Gasteiger partial charge in [-0.05, 0) is 24.6 Å². The summed E-state index contributed by atoms with van der Waals surface area (Å²) in [6.45, 7) is 1.83. The molecule has 0 aliphatic rings. The molecule has 0 N–H and O–H groups in total. The summed E-state index contributed by atoms with van der Waals surface area (Å²) in [6.07, 6.45) is 0. The Hall–Kier alpha value is -1.50. The van der Waals surface area contributed by atoms with E-state index < -0.39 is 0 Å². The third-order valence-corrected chi connectivity index (χ3v) is 3.28. The summed E-state index contributed by atoms with van der Waals surface area (Å²) < 4.78 is 5.09. The number of aryl methyl sites for hydroxylation is 1. The molecular weight excluding hydrogens is 259 g/mol. The topological polar surface area (TPSA) is 45.9 Å². The number of rotatable bonds is 1. The van der Waals surface area contributed by atoms with Crippen LogP contribution < -0.4 is 4.74 Å². The van der Waals surface area contributed by atoms with Crippen molar-refractivity contribution in [3.63, 3.8) is 0 Å². The smallest absolute Gasteiger partial charge is 0.232 e. The fraction of sp³-hybridized carbons (Fsp3) is 0.167. The van der Waals surface area contributed by atoms with Gasteiger partial charge in [-0.1, -0.05) is 23.2 Å². The number of ether oxygens (including phenoxy) is 1. The second kappa shape index (κ2) is 4.40. The number of fused-ring (bicyclic) bond motifs is 1. The van der Waals surface area contributed by atoms with Crippen LogP contribution in [0.1, 0.15) is 11.1 Å². The minimum Gasteiger partial charge on any atom is -0.480 e. The largest absolute Gasteiger partial charge is 0.480 e. The third-order valence-electron chi connectivity index (χ3n) is 2.56. The van der Waals surface area contributed by atoms with E-state index in [4.69, 9.17) is 33.2 Å². The summed E-state index contributed by atoms with van der Waals surface area (Å²) in [5, 5.41) is 10.8. The maximum Gasteiger partial charge on any atom is 0.232 e. The van der Waals surface area contributed by atoms with E-state index in [9.17, 15) is 0 Å². The van der Waals surface area contributed by atoms with Gasteiger partial charge >= 0.3 is 0 Å². The van der Waals surface area contributed by atoms with Gasteiger partial charge in [0.1, 0.15) is 11.6 Å². The zero-order valence-corrected chi connectivity index (χ0v) is 10.7. The average Bonchev–Trinajstić information content (AvgIpc) is 2.31. The van der Waals surface area contributed by atoms with E-state index in [0.29, 0.717) is 27.0 Å². The fourth-order valence-electron chi connectivity index (χ4n) is 1.67. The number of nitriles is 1. The standard InChI is InChI=1S/C12H8Cl2N2O/c1-6-7-3-9(13)10(14)4-11(7)16-12(17-2)8(6)5-15/h3-4H,1-2H3. The van der Waals surface area contributed by atoms with Crippen molar-refractivity contribution >= 4 is 34.1 Å². The molecule has 1 aromatic heterocycles. The van der Waals surface area contributed by atoms with Gasteiger partial charge in [0, 0.05) is 5.39 Å². The first-order chi connectivity index (χ1) is 8.08. The number of methoxy groups -OCH3 is 1. The molecule has 0 spiro atoms. The third kappa shape index (κ3) is 1.90. The predicted molar refractivity (Wildman–Crippen MR) is 67.8 cm³/mol. The highest BCUT2D eigenvalue weighted by Crippen LogP contribution is 2.32. The molecule has 2 aromatic rings. The van der Waals surface area contributed by atoms with Gasteiger partial charge in [0.05, 0.1) is 22.7 Å². The Balaban J connectivity index is 2.92. The van der Waals surface area contributed by atoms with Crippen molar-refractivity contribution in [2.75, 3.05) is 7.11 Å². The van der Waals surface area contributed by atoms with Crippen molar-refractivity contribution in [2.45, 2.75) is 6.92 Å². The Morgan fingerprint density at radius 1 is 1.29 bits per heavy atom. The lowest BCUT2D eigenvalue weighted by Crippen LogP contribution is -1.96. The maximum absolute atomic E-state index is 9.08. The van der Waals surface area contributed by atoms with Crippen molar-refractivity contribution in [3.8, 4) is 11.9 Å².